The summed E-state index contributed by atoms with van der Waals surface area (Å²) in [7, 11) is 0. The lowest BCUT2D eigenvalue weighted by molar-refractivity contribution is -0.146. The maximum absolute atomic E-state index is 11.6. The van der Waals surface area contributed by atoms with Crippen molar-refractivity contribution in [1.29, 1.82) is 0 Å². The van der Waals surface area contributed by atoms with Gasteiger partial charge >= 0.3 is 5.97 Å². The molecule has 0 aliphatic carbocycles. The van der Waals surface area contributed by atoms with Crippen molar-refractivity contribution in [2.45, 2.75) is 31.4 Å². The molecular weight excluding hydrogens is 284 g/mol. The van der Waals surface area contributed by atoms with E-state index < -0.39 is 16.9 Å². The molecule has 2 atom stereocenters. The van der Waals surface area contributed by atoms with Crippen LogP contribution in [-0.2, 0) is 16.1 Å². The Balaban J connectivity index is 2.45. The molecule has 1 aromatic carbocycles. The summed E-state index contributed by atoms with van der Waals surface area (Å²) in [6.45, 7) is 3.93. The predicted molar refractivity (Wildman–Crippen MR) is 69.8 cm³/mol. The lowest BCUT2D eigenvalue weighted by Gasteiger charge is -2.19. The van der Waals surface area contributed by atoms with Gasteiger partial charge < -0.3 is 9.84 Å². The number of carbonyl (C=O) groups is 1. The molecular formula is C13H17BrO3. The van der Waals surface area contributed by atoms with Crippen molar-refractivity contribution < 1.29 is 14.6 Å². The number of ether oxygens (including phenoxy) is 1. The van der Waals surface area contributed by atoms with Crippen LogP contribution in [0.4, 0.5) is 0 Å². The van der Waals surface area contributed by atoms with Crippen molar-refractivity contribution in [3.05, 3.63) is 35.9 Å². The Morgan fingerprint density at radius 1 is 1.35 bits per heavy atom. The minimum atomic E-state index is -0.738. The second-order valence-corrected chi connectivity index (χ2v) is 5.22. The SMILES string of the molecule is CC(C)[C@H](O)[C@@H](Br)C(=O)OCc1ccccc1. The zero-order chi connectivity index (χ0) is 12.8. The molecule has 0 heterocycles. The normalized spacial score (nSPS) is 14.4. The molecule has 94 valence electrons. The number of hydrogen-bond donors (Lipinski definition) is 1. The highest BCUT2D eigenvalue weighted by atomic mass is 79.9. The molecule has 0 unspecified atom stereocenters. The van der Waals surface area contributed by atoms with Gasteiger partial charge in [0.25, 0.3) is 0 Å². The Hall–Kier alpha value is -0.870. The van der Waals surface area contributed by atoms with Crippen molar-refractivity contribution in [1.82, 2.24) is 0 Å². The molecule has 1 N–H and O–H groups in total. The molecule has 3 nitrogen and oxygen atoms in total. The molecule has 0 aliphatic rings. The predicted octanol–water partition coefficient (Wildman–Crippen LogP) is 2.51. The smallest absolute Gasteiger partial charge is 0.322 e. The van der Waals surface area contributed by atoms with Crippen LogP contribution in [0.15, 0.2) is 30.3 Å². The van der Waals surface area contributed by atoms with Gasteiger partial charge in [0.05, 0.1) is 6.10 Å². The molecule has 0 aliphatic heterocycles. The van der Waals surface area contributed by atoms with E-state index in [4.69, 9.17) is 4.74 Å². The van der Waals surface area contributed by atoms with Crippen LogP contribution in [-0.4, -0.2) is 22.0 Å². The zero-order valence-electron chi connectivity index (χ0n) is 9.97. The summed E-state index contributed by atoms with van der Waals surface area (Å²) >= 11 is 3.16. The minimum Gasteiger partial charge on any atom is -0.460 e. The Kier molecular flexibility index (Phi) is 5.65. The number of halogens is 1. The average molecular weight is 301 g/mol. The van der Waals surface area contributed by atoms with Gasteiger partial charge in [0.2, 0.25) is 0 Å². The molecule has 1 rings (SSSR count). The van der Waals surface area contributed by atoms with Gasteiger partial charge in [-0.2, -0.15) is 0 Å². The van der Waals surface area contributed by atoms with Crippen LogP contribution in [0.2, 0.25) is 0 Å². The van der Waals surface area contributed by atoms with Crippen LogP contribution in [0.5, 0.6) is 0 Å². The van der Waals surface area contributed by atoms with Crippen LogP contribution in [0, 0.1) is 5.92 Å². The molecule has 0 saturated heterocycles. The number of aliphatic hydroxyl groups excluding tert-OH is 1. The lowest BCUT2D eigenvalue weighted by atomic mass is 10.0. The number of esters is 1. The monoisotopic (exact) mass is 300 g/mol. The van der Waals surface area contributed by atoms with E-state index in [2.05, 4.69) is 15.9 Å². The summed E-state index contributed by atoms with van der Waals surface area (Å²) in [5.41, 5.74) is 0.930. The molecule has 0 radical (unpaired) electrons. The van der Waals surface area contributed by atoms with Crippen LogP contribution < -0.4 is 0 Å². The number of alkyl halides is 1. The molecule has 0 amide bonds. The fraction of sp³-hybridized carbons (Fsp3) is 0.462. The van der Waals surface area contributed by atoms with E-state index in [0.717, 1.165) is 5.56 Å². The summed E-state index contributed by atoms with van der Waals surface area (Å²) in [5.74, 6) is -0.432. The van der Waals surface area contributed by atoms with E-state index in [0.29, 0.717) is 0 Å². The highest BCUT2D eigenvalue weighted by molar-refractivity contribution is 9.10. The maximum Gasteiger partial charge on any atom is 0.322 e. The second kappa shape index (κ2) is 6.77. The first-order valence-corrected chi connectivity index (χ1v) is 6.46. The first-order valence-electron chi connectivity index (χ1n) is 5.55. The van der Waals surface area contributed by atoms with Crippen LogP contribution in [0.25, 0.3) is 0 Å². The van der Waals surface area contributed by atoms with Crippen molar-refractivity contribution >= 4 is 21.9 Å². The minimum absolute atomic E-state index is 0.00338. The third-order valence-electron chi connectivity index (χ3n) is 2.43. The van der Waals surface area contributed by atoms with Crippen molar-refractivity contribution in [3.63, 3.8) is 0 Å². The maximum atomic E-state index is 11.6. The Morgan fingerprint density at radius 3 is 2.47 bits per heavy atom. The lowest BCUT2D eigenvalue weighted by Crippen LogP contribution is -2.34. The van der Waals surface area contributed by atoms with E-state index in [1.165, 1.54) is 0 Å². The Morgan fingerprint density at radius 2 is 1.94 bits per heavy atom. The molecule has 1 aromatic rings. The van der Waals surface area contributed by atoms with Crippen molar-refractivity contribution in [3.8, 4) is 0 Å². The van der Waals surface area contributed by atoms with Gasteiger partial charge in [-0.3, -0.25) is 4.79 Å². The van der Waals surface area contributed by atoms with Gasteiger partial charge in [-0.1, -0.05) is 60.1 Å². The number of hydrogen-bond acceptors (Lipinski definition) is 3. The van der Waals surface area contributed by atoms with E-state index in [1.807, 2.05) is 44.2 Å². The summed E-state index contributed by atoms with van der Waals surface area (Å²) in [6.07, 6.45) is -0.738. The van der Waals surface area contributed by atoms with E-state index in [1.54, 1.807) is 0 Å². The van der Waals surface area contributed by atoms with Gasteiger partial charge in [-0.05, 0) is 11.5 Å². The number of aliphatic hydroxyl groups is 1. The molecule has 0 saturated carbocycles. The van der Waals surface area contributed by atoms with Gasteiger partial charge in [-0.25, -0.2) is 0 Å². The summed E-state index contributed by atoms with van der Waals surface area (Å²) in [4.78, 5) is 11.0. The third-order valence-corrected chi connectivity index (χ3v) is 3.35. The van der Waals surface area contributed by atoms with Crippen molar-refractivity contribution in [2.24, 2.45) is 5.92 Å². The number of rotatable bonds is 5. The van der Waals surface area contributed by atoms with Crippen molar-refractivity contribution in [2.75, 3.05) is 0 Å². The van der Waals surface area contributed by atoms with E-state index in [9.17, 15) is 9.90 Å². The number of benzene rings is 1. The van der Waals surface area contributed by atoms with E-state index >= 15 is 0 Å². The summed E-state index contributed by atoms with van der Waals surface area (Å²) in [5, 5.41) is 9.71. The highest BCUT2D eigenvalue weighted by Crippen LogP contribution is 2.16. The van der Waals surface area contributed by atoms with Gasteiger partial charge in [0.15, 0.2) is 0 Å². The molecule has 0 fully saturated rings. The highest BCUT2D eigenvalue weighted by Gasteiger charge is 2.27. The molecule has 0 spiro atoms. The Labute approximate surface area is 110 Å². The fourth-order valence-corrected chi connectivity index (χ4v) is 2.03. The van der Waals surface area contributed by atoms with Crippen LogP contribution >= 0.6 is 15.9 Å². The summed E-state index contributed by atoms with van der Waals surface area (Å²) < 4.78 is 5.12. The average Bonchev–Trinajstić information content (AvgIpc) is 2.35. The largest absolute Gasteiger partial charge is 0.460 e. The fourth-order valence-electron chi connectivity index (χ4n) is 1.29. The van der Waals surface area contributed by atoms with E-state index in [-0.39, 0.29) is 12.5 Å². The molecule has 0 aromatic heterocycles. The van der Waals surface area contributed by atoms with Crippen LogP contribution in [0.3, 0.4) is 0 Å². The van der Waals surface area contributed by atoms with Crippen LogP contribution in [0.1, 0.15) is 19.4 Å². The molecule has 0 bridgehead atoms. The quantitative estimate of drug-likeness (QED) is 0.671. The molecule has 17 heavy (non-hydrogen) atoms. The Bertz CT molecular complexity index is 351. The molecule has 4 heteroatoms. The number of carbonyl (C=O) groups excluding carboxylic acids is 1. The first-order chi connectivity index (χ1) is 8.02. The second-order valence-electron chi connectivity index (χ2n) is 4.23. The third kappa shape index (κ3) is 4.48. The standard InChI is InChI=1S/C13H17BrO3/c1-9(2)12(15)11(14)13(16)17-8-10-6-4-3-5-7-10/h3-7,9,11-12,15H,8H2,1-2H3/t11-,12+/m1/s1. The van der Waals surface area contributed by atoms with Gasteiger partial charge in [-0.15, -0.1) is 0 Å². The van der Waals surface area contributed by atoms with Gasteiger partial charge in [0, 0.05) is 0 Å². The first kappa shape index (κ1) is 14.2. The van der Waals surface area contributed by atoms with Gasteiger partial charge in [0.1, 0.15) is 11.4 Å². The summed E-state index contributed by atoms with van der Waals surface area (Å²) in [6, 6.07) is 9.45. The zero-order valence-corrected chi connectivity index (χ0v) is 11.6. The topological polar surface area (TPSA) is 46.5 Å².